The molecule has 0 radical (unpaired) electrons. The van der Waals surface area contributed by atoms with E-state index in [1.54, 1.807) is 12.1 Å². The average Bonchev–Trinajstić information content (AvgIpc) is 2.20. The molecule has 0 aliphatic heterocycles. The van der Waals surface area contributed by atoms with Crippen molar-refractivity contribution in [1.29, 1.82) is 0 Å². The summed E-state index contributed by atoms with van der Waals surface area (Å²) in [5, 5.41) is 9.24. The Morgan fingerprint density at radius 1 is 1.62 bits per heavy atom. The summed E-state index contributed by atoms with van der Waals surface area (Å²) in [4.78, 5) is 10.9. The predicted molar refractivity (Wildman–Crippen MR) is 62.8 cm³/mol. The fourth-order valence-corrected chi connectivity index (χ4v) is 1.49. The third-order valence-electron chi connectivity index (χ3n) is 2.05. The zero-order valence-electron chi connectivity index (χ0n) is 8.94. The fraction of sp³-hybridized carbons (Fsp3) is 0.364. The first-order valence-electron chi connectivity index (χ1n) is 4.99. The minimum Gasteiger partial charge on any atom is -0.479 e. The molecule has 5 heteroatoms. The summed E-state index contributed by atoms with van der Waals surface area (Å²) in [6.07, 6.45) is 0.297. The monoisotopic (exact) mass is 243 g/mol. The van der Waals surface area contributed by atoms with Gasteiger partial charge in [0.15, 0.2) is 6.10 Å². The Labute approximate surface area is 99.0 Å². The van der Waals surface area contributed by atoms with Gasteiger partial charge in [-0.15, -0.1) is 0 Å². The zero-order chi connectivity index (χ0) is 12.1. The lowest BCUT2D eigenvalue weighted by atomic mass is 10.2. The van der Waals surface area contributed by atoms with Gasteiger partial charge in [-0.2, -0.15) is 0 Å². The molecular formula is C11H14ClNO3. The van der Waals surface area contributed by atoms with Gasteiger partial charge in [-0.25, -0.2) is 4.79 Å². The number of aliphatic carboxylic acids is 1. The Hall–Kier alpha value is -1.42. The number of anilines is 1. The molecule has 1 rings (SSSR count). The van der Waals surface area contributed by atoms with Gasteiger partial charge in [-0.3, -0.25) is 0 Å². The largest absolute Gasteiger partial charge is 0.479 e. The number of rotatable bonds is 5. The quantitative estimate of drug-likeness (QED) is 0.780. The van der Waals surface area contributed by atoms with Crippen LogP contribution in [0.4, 0.5) is 5.69 Å². The number of carboxylic acid groups (broad SMARTS) is 1. The molecule has 0 heterocycles. The molecule has 1 aromatic rings. The zero-order valence-corrected chi connectivity index (χ0v) is 9.70. The number of carboxylic acids is 1. The van der Waals surface area contributed by atoms with E-state index in [-0.39, 0.29) is 0 Å². The summed E-state index contributed by atoms with van der Waals surface area (Å²) in [7, 11) is 0. The molecule has 0 aromatic heterocycles. The first-order valence-corrected chi connectivity index (χ1v) is 5.37. The average molecular weight is 244 g/mol. The summed E-state index contributed by atoms with van der Waals surface area (Å²) < 4.78 is 5.32. The van der Waals surface area contributed by atoms with Crippen LogP contribution >= 0.6 is 11.6 Å². The molecule has 0 spiro atoms. The summed E-state index contributed by atoms with van der Waals surface area (Å²) in [5.41, 5.74) is 6.03. The molecule has 0 aliphatic rings. The van der Waals surface area contributed by atoms with Crippen LogP contribution in [0.25, 0.3) is 0 Å². The van der Waals surface area contributed by atoms with Crippen LogP contribution in [0.5, 0.6) is 5.75 Å². The van der Waals surface area contributed by atoms with E-state index in [0.29, 0.717) is 22.9 Å². The Morgan fingerprint density at radius 2 is 2.31 bits per heavy atom. The van der Waals surface area contributed by atoms with Gasteiger partial charge in [-0.1, -0.05) is 24.9 Å². The maximum absolute atomic E-state index is 10.9. The molecule has 0 saturated heterocycles. The number of hydrogen-bond acceptors (Lipinski definition) is 3. The molecular weight excluding hydrogens is 230 g/mol. The maximum Gasteiger partial charge on any atom is 0.344 e. The minimum absolute atomic E-state index is 0.322. The number of ether oxygens (including phenoxy) is 1. The fourth-order valence-electron chi connectivity index (χ4n) is 1.26. The van der Waals surface area contributed by atoms with Crippen LogP contribution in [0.3, 0.4) is 0 Å². The third-order valence-corrected chi connectivity index (χ3v) is 2.35. The Morgan fingerprint density at radius 3 is 2.81 bits per heavy atom. The van der Waals surface area contributed by atoms with Gasteiger partial charge in [0.05, 0.1) is 5.02 Å². The standard InChI is InChI=1S/C11H14ClNO3/c1-2-3-10(11(14)15)16-9-5-4-7(13)6-8(9)12/h4-6,10H,2-3,13H2,1H3,(H,14,15). The highest BCUT2D eigenvalue weighted by molar-refractivity contribution is 6.32. The van der Waals surface area contributed by atoms with E-state index < -0.39 is 12.1 Å². The summed E-state index contributed by atoms with van der Waals surface area (Å²) in [5.74, 6) is -0.647. The van der Waals surface area contributed by atoms with Gasteiger partial charge in [-0.05, 0) is 24.6 Å². The van der Waals surface area contributed by atoms with E-state index in [0.717, 1.165) is 6.42 Å². The van der Waals surface area contributed by atoms with Crippen LogP contribution < -0.4 is 10.5 Å². The van der Waals surface area contributed by atoms with Gasteiger partial charge in [0, 0.05) is 5.69 Å². The highest BCUT2D eigenvalue weighted by Gasteiger charge is 2.19. The molecule has 0 saturated carbocycles. The van der Waals surface area contributed by atoms with Crippen LogP contribution in [-0.2, 0) is 4.79 Å². The molecule has 3 N–H and O–H groups in total. The normalized spacial score (nSPS) is 12.1. The summed E-state index contributed by atoms with van der Waals surface area (Å²) >= 11 is 5.88. The molecule has 1 unspecified atom stereocenters. The smallest absolute Gasteiger partial charge is 0.344 e. The first-order chi connectivity index (χ1) is 7.54. The molecule has 0 amide bonds. The van der Waals surface area contributed by atoms with Crippen LogP contribution in [0, 0.1) is 0 Å². The molecule has 1 atom stereocenters. The second-order valence-corrected chi connectivity index (χ2v) is 3.83. The number of benzene rings is 1. The number of nitrogens with two attached hydrogens (primary N) is 1. The lowest BCUT2D eigenvalue weighted by molar-refractivity contribution is -0.145. The van der Waals surface area contributed by atoms with Crippen LogP contribution in [0.2, 0.25) is 5.02 Å². The van der Waals surface area contributed by atoms with E-state index in [2.05, 4.69) is 0 Å². The number of nitrogen functional groups attached to an aromatic ring is 1. The van der Waals surface area contributed by atoms with Crippen molar-refractivity contribution in [3.8, 4) is 5.75 Å². The van der Waals surface area contributed by atoms with Crippen molar-refractivity contribution in [1.82, 2.24) is 0 Å². The number of carbonyl (C=O) groups is 1. The van der Waals surface area contributed by atoms with Crippen LogP contribution in [0.1, 0.15) is 19.8 Å². The molecule has 0 aliphatic carbocycles. The van der Waals surface area contributed by atoms with Gasteiger partial charge in [0.2, 0.25) is 0 Å². The molecule has 16 heavy (non-hydrogen) atoms. The van der Waals surface area contributed by atoms with Crippen molar-refractivity contribution in [3.05, 3.63) is 23.2 Å². The van der Waals surface area contributed by atoms with E-state index in [1.165, 1.54) is 6.07 Å². The van der Waals surface area contributed by atoms with Crippen molar-refractivity contribution in [2.24, 2.45) is 0 Å². The van der Waals surface area contributed by atoms with Crippen molar-refractivity contribution < 1.29 is 14.6 Å². The lowest BCUT2D eigenvalue weighted by Crippen LogP contribution is -2.26. The first kappa shape index (κ1) is 12.6. The highest BCUT2D eigenvalue weighted by atomic mass is 35.5. The topological polar surface area (TPSA) is 72.5 Å². The van der Waals surface area contributed by atoms with Crippen molar-refractivity contribution >= 4 is 23.3 Å². The summed E-state index contributed by atoms with van der Waals surface area (Å²) in [6, 6.07) is 4.72. The van der Waals surface area contributed by atoms with E-state index >= 15 is 0 Å². The van der Waals surface area contributed by atoms with Gasteiger partial charge in [0.1, 0.15) is 5.75 Å². The predicted octanol–water partition coefficient (Wildman–Crippen LogP) is 2.55. The molecule has 88 valence electrons. The minimum atomic E-state index is -0.991. The third kappa shape index (κ3) is 3.31. The number of halogens is 1. The van der Waals surface area contributed by atoms with Gasteiger partial charge < -0.3 is 15.6 Å². The maximum atomic E-state index is 10.9. The SMILES string of the molecule is CCCC(Oc1ccc(N)cc1Cl)C(=O)O. The summed E-state index contributed by atoms with van der Waals surface area (Å²) in [6.45, 7) is 1.89. The second-order valence-electron chi connectivity index (χ2n) is 3.42. The lowest BCUT2D eigenvalue weighted by Gasteiger charge is -2.15. The molecule has 0 fully saturated rings. The van der Waals surface area contributed by atoms with Crippen molar-refractivity contribution in [2.45, 2.75) is 25.9 Å². The Bertz CT molecular complexity index is 381. The van der Waals surface area contributed by atoms with E-state index in [4.69, 9.17) is 27.2 Å². The van der Waals surface area contributed by atoms with E-state index in [1.807, 2.05) is 6.92 Å². The Kier molecular flexibility index (Phi) is 4.43. The second kappa shape index (κ2) is 5.61. The van der Waals surface area contributed by atoms with E-state index in [9.17, 15) is 4.79 Å². The highest BCUT2D eigenvalue weighted by Crippen LogP contribution is 2.27. The Balaban J connectivity index is 2.81. The van der Waals surface area contributed by atoms with Crippen molar-refractivity contribution in [3.63, 3.8) is 0 Å². The van der Waals surface area contributed by atoms with Crippen molar-refractivity contribution in [2.75, 3.05) is 5.73 Å². The number of hydrogen-bond donors (Lipinski definition) is 2. The van der Waals surface area contributed by atoms with Crippen LogP contribution in [0.15, 0.2) is 18.2 Å². The van der Waals surface area contributed by atoms with Gasteiger partial charge >= 0.3 is 5.97 Å². The van der Waals surface area contributed by atoms with Gasteiger partial charge in [0.25, 0.3) is 0 Å². The molecule has 4 nitrogen and oxygen atoms in total. The van der Waals surface area contributed by atoms with Crippen LogP contribution in [-0.4, -0.2) is 17.2 Å². The molecule has 1 aromatic carbocycles. The molecule has 0 bridgehead atoms.